The van der Waals surface area contributed by atoms with Gasteiger partial charge in [0.2, 0.25) is 0 Å². The van der Waals surface area contributed by atoms with Crippen molar-refractivity contribution in [2.45, 2.75) is 26.7 Å². The van der Waals surface area contributed by atoms with E-state index in [0.29, 0.717) is 5.78 Å². The summed E-state index contributed by atoms with van der Waals surface area (Å²) in [5.74, 6) is 0.508. The number of nitrogens with one attached hydrogen (secondary N) is 1. The molecule has 0 bridgehead atoms. The second kappa shape index (κ2) is 4.06. The van der Waals surface area contributed by atoms with Crippen LogP contribution in [0.3, 0.4) is 0 Å². The van der Waals surface area contributed by atoms with Crippen LogP contribution in [0, 0.1) is 19.8 Å². The first-order valence-corrected chi connectivity index (χ1v) is 5.87. The number of hydrogen-bond donors (Lipinski definition) is 1. The summed E-state index contributed by atoms with van der Waals surface area (Å²) in [6.07, 6.45) is 2.03. The Bertz CT molecular complexity index is 418. The quantitative estimate of drug-likeness (QED) is 0.826. The number of rotatable bonds is 2. The smallest absolute Gasteiger partial charge is 0.169 e. The summed E-state index contributed by atoms with van der Waals surface area (Å²) in [6, 6.07) is 0. The Hall–Kier alpha value is -1.09. The lowest BCUT2D eigenvalue weighted by molar-refractivity contribution is 0.0877. The Kier molecular flexibility index (Phi) is 2.89. The third-order valence-electron chi connectivity index (χ3n) is 3.45. The third-order valence-corrected chi connectivity index (χ3v) is 3.45. The molecule has 2 rings (SSSR count). The minimum atomic E-state index is 0.177. The molecule has 1 N–H and O–H groups in total. The molecule has 16 heavy (non-hydrogen) atoms. The van der Waals surface area contributed by atoms with Gasteiger partial charge in [0.05, 0.1) is 0 Å². The lowest BCUT2D eigenvalue weighted by atomic mass is 9.83. The summed E-state index contributed by atoms with van der Waals surface area (Å²) in [5, 5.41) is 0. The van der Waals surface area contributed by atoms with E-state index in [9.17, 15) is 4.79 Å². The Morgan fingerprint density at radius 3 is 2.62 bits per heavy atom. The van der Waals surface area contributed by atoms with Crippen LogP contribution in [0.2, 0.25) is 0 Å². The fourth-order valence-electron chi connectivity index (χ4n) is 2.75. The van der Waals surface area contributed by atoms with Crippen molar-refractivity contribution in [3.05, 3.63) is 22.5 Å². The van der Waals surface area contributed by atoms with Gasteiger partial charge < -0.3 is 9.88 Å². The molecule has 1 aromatic rings. The second-order valence-electron chi connectivity index (χ2n) is 5.09. The maximum atomic E-state index is 12.3. The molecule has 0 spiro atoms. The Morgan fingerprint density at radius 1 is 1.31 bits per heavy atom. The molecule has 1 aliphatic rings. The van der Waals surface area contributed by atoms with Crippen molar-refractivity contribution in [1.29, 1.82) is 0 Å². The minimum absolute atomic E-state index is 0.177. The molecule has 0 aliphatic heterocycles. The maximum Gasteiger partial charge on any atom is 0.169 e. The van der Waals surface area contributed by atoms with Crippen molar-refractivity contribution in [2.75, 3.05) is 20.6 Å². The molecule has 3 nitrogen and oxygen atoms in total. The number of aryl methyl sites for hydroxylation is 2. The second-order valence-corrected chi connectivity index (χ2v) is 5.09. The topological polar surface area (TPSA) is 36.1 Å². The molecule has 1 heterocycles. The van der Waals surface area contributed by atoms with Crippen molar-refractivity contribution >= 4 is 5.78 Å². The average Bonchev–Trinajstić information content (AvgIpc) is 2.46. The van der Waals surface area contributed by atoms with E-state index in [1.165, 1.54) is 11.3 Å². The molecule has 1 atom stereocenters. The van der Waals surface area contributed by atoms with E-state index in [1.807, 2.05) is 21.0 Å². The zero-order valence-electron chi connectivity index (χ0n) is 10.6. The van der Waals surface area contributed by atoms with Crippen LogP contribution in [0.4, 0.5) is 0 Å². The van der Waals surface area contributed by atoms with Crippen LogP contribution in [-0.2, 0) is 6.42 Å². The average molecular weight is 220 g/mol. The van der Waals surface area contributed by atoms with E-state index < -0.39 is 0 Å². The Morgan fingerprint density at radius 2 is 2.00 bits per heavy atom. The van der Waals surface area contributed by atoms with Crippen LogP contribution in [0.1, 0.15) is 33.7 Å². The van der Waals surface area contributed by atoms with E-state index in [2.05, 4.69) is 16.8 Å². The predicted molar refractivity (Wildman–Crippen MR) is 65.0 cm³/mol. The van der Waals surface area contributed by atoms with Crippen LogP contribution >= 0.6 is 0 Å². The third kappa shape index (κ3) is 1.80. The predicted octanol–water partition coefficient (Wildman–Crippen LogP) is 1.94. The van der Waals surface area contributed by atoms with Crippen molar-refractivity contribution in [3.8, 4) is 0 Å². The van der Waals surface area contributed by atoms with Gasteiger partial charge in [0.25, 0.3) is 0 Å². The first-order chi connectivity index (χ1) is 7.50. The van der Waals surface area contributed by atoms with Crippen molar-refractivity contribution in [1.82, 2.24) is 9.88 Å². The van der Waals surface area contributed by atoms with E-state index in [-0.39, 0.29) is 5.92 Å². The summed E-state index contributed by atoms with van der Waals surface area (Å²) < 4.78 is 0. The number of aromatic amines is 1. The van der Waals surface area contributed by atoms with Gasteiger partial charge in [0.15, 0.2) is 5.78 Å². The van der Waals surface area contributed by atoms with E-state index in [1.54, 1.807) is 0 Å². The summed E-state index contributed by atoms with van der Waals surface area (Å²) >= 11 is 0. The van der Waals surface area contributed by atoms with Crippen LogP contribution in [0.15, 0.2) is 0 Å². The highest BCUT2D eigenvalue weighted by molar-refractivity contribution is 6.01. The van der Waals surface area contributed by atoms with Crippen molar-refractivity contribution < 1.29 is 4.79 Å². The number of Topliss-reactive ketones (excluding diaryl/α,β-unsaturated/α-hetero) is 1. The van der Waals surface area contributed by atoms with Crippen LogP contribution in [0.25, 0.3) is 0 Å². The van der Waals surface area contributed by atoms with Crippen molar-refractivity contribution in [2.24, 2.45) is 5.92 Å². The number of ketones is 1. The van der Waals surface area contributed by atoms with Crippen LogP contribution in [0.5, 0.6) is 0 Å². The molecule has 0 aromatic carbocycles. The highest BCUT2D eigenvalue weighted by atomic mass is 16.1. The Balaban J connectivity index is 2.31. The molecular weight excluding hydrogens is 200 g/mol. The lowest BCUT2D eigenvalue weighted by Crippen LogP contribution is -2.31. The molecule has 88 valence electrons. The fourth-order valence-corrected chi connectivity index (χ4v) is 2.75. The van der Waals surface area contributed by atoms with Gasteiger partial charge in [-0.15, -0.1) is 0 Å². The standard InChI is InChI=1S/C13H20N2O/c1-8-11-6-5-10(7-15(3)4)13(16)12(11)9(2)14-8/h10,14H,5-7H2,1-4H3. The number of carbonyl (C=O) groups excluding carboxylic acids is 1. The number of carbonyl (C=O) groups is 1. The first kappa shape index (κ1) is 11.4. The molecule has 0 radical (unpaired) electrons. The summed E-state index contributed by atoms with van der Waals surface area (Å²) in [6.45, 7) is 4.93. The van der Waals surface area contributed by atoms with E-state index >= 15 is 0 Å². The molecule has 1 aliphatic carbocycles. The fraction of sp³-hybridized carbons (Fsp3) is 0.615. The Labute approximate surface area is 96.8 Å². The van der Waals surface area contributed by atoms with E-state index in [4.69, 9.17) is 0 Å². The summed E-state index contributed by atoms with van der Waals surface area (Å²) in [4.78, 5) is 17.7. The molecule has 1 unspecified atom stereocenters. The SMILES string of the molecule is Cc1[nH]c(C)c2c1CCC(CN(C)C)C2=O. The monoisotopic (exact) mass is 220 g/mol. The molecule has 1 aromatic heterocycles. The number of aromatic nitrogens is 1. The molecule has 0 fully saturated rings. The van der Waals surface area contributed by atoms with Gasteiger partial charge in [0.1, 0.15) is 0 Å². The van der Waals surface area contributed by atoms with Gasteiger partial charge in [-0.1, -0.05) is 0 Å². The number of hydrogen-bond acceptors (Lipinski definition) is 2. The zero-order valence-corrected chi connectivity index (χ0v) is 10.6. The lowest BCUT2D eigenvalue weighted by Gasteiger charge is -2.24. The number of nitrogens with zero attached hydrogens (tertiary/aromatic N) is 1. The number of H-pyrrole nitrogens is 1. The van der Waals surface area contributed by atoms with Gasteiger partial charge in [-0.3, -0.25) is 4.79 Å². The summed E-state index contributed by atoms with van der Waals surface area (Å²) in [5.41, 5.74) is 4.43. The van der Waals surface area contributed by atoms with Gasteiger partial charge in [-0.25, -0.2) is 0 Å². The van der Waals surface area contributed by atoms with Gasteiger partial charge >= 0.3 is 0 Å². The molecule has 3 heteroatoms. The minimum Gasteiger partial charge on any atom is -0.362 e. The molecule has 0 saturated carbocycles. The van der Waals surface area contributed by atoms with Crippen molar-refractivity contribution in [3.63, 3.8) is 0 Å². The van der Waals surface area contributed by atoms with Gasteiger partial charge in [0, 0.05) is 29.4 Å². The van der Waals surface area contributed by atoms with Crippen LogP contribution < -0.4 is 0 Å². The molecule has 0 amide bonds. The van der Waals surface area contributed by atoms with Crippen LogP contribution in [-0.4, -0.2) is 36.3 Å². The van der Waals surface area contributed by atoms with Gasteiger partial charge in [-0.05, 0) is 46.3 Å². The van der Waals surface area contributed by atoms with E-state index in [0.717, 1.165) is 30.6 Å². The molecular formula is C13H20N2O. The first-order valence-electron chi connectivity index (χ1n) is 5.87. The highest BCUT2D eigenvalue weighted by Gasteiger charge is 2.31. The largest absolute Gasteiger partial charge is 0.362 e. The normalized spacial score (nSPS) is 20.3. The zero-order chi connectivity index (χ0) is 11.9. The highest BCUT2D eigenvalue weighted by Crippen LogP contribution is 2.30. The maximum absolute atomic E-state index is 12.3. The molecule has 0 saturated heterocycles. The van der Waals surface area contributed by atoms with Gasteiger partial charge in [-0.2, -0.15) is 0 Å². The number of fused-ring (bicyclic) bond motifs is 1. The summed E-state index contributed by atoms with van der Waals surface area (Å²) in [7, 11) is 4.05.